The Morgan fingerprint density at radius 1 is 1.16 bits per heavy atom. The Hall–Kier alpha value is -3.62. The van der Waals surface area contributed by atoms with Crippen molar-refractivity contribution in [2.24, 2.45) is 7.05 Å². The van der Waals surface area contributed by atoms with Crippen molar-refractivity contribution in [1.82, 2.24) is 38.9 Å². The second kappa shape index (κ2) is 8.75. The summed E-state index contributed by atoms with van der Waals surface area (Å²) in [5.74, 6) is 0.663. The zero-order valence-corrected chi connectivity index (χ0v) is 20.4. The average Bonchev–Trinajstić information content (AvgIpc) is 3.63. The molecule has 0 unspecified atom stereocenters. The minimum atomic E-state index is -4.59. The molecule has 1 atom stereocenters. The van der Waals surface area contributed by atoms with E-state index >= 15 is 0 Å². The molecule has 5 aromatic heterocycles. The van der Waals surface area contributed by atoms with Gasteiger partial charge in [0, 0.05) is 32.1 Å². The van der Waals surface area contributed by atoms with Gasteiger partial charge in [0.05, 0.1) is 25.0 Å². The fourth-order valence-corrected chi connectivity index (χ4v) is 4.68. The number of hydrogen-bond donors (Lipinski definition) is 1. The SMILES string of the molecule is Cn1c(Nc2cc(C(F)(F)F)n([C@@H]3CCOC3)n2)nc2ncc(Oc3cnn4ccnc(Cl)c34)c(Cl)c21. The number of nitrogens with zero attached hydrogens (tertiary/aromatic N) is 8. The highest BCUT2D eigenvalue weighted by atomic mass is 35.5. The van der Waals surface area contributed by atoms with Crippen LogP contribution in [-0.2, 0) is 18.0 Å². The first-order valence-electron chi connectivity index (χ1n) is 10.9. The van der Waals surface area contributed by atoms with Crippen LogP contribution in [0, 0.1) is 0 Å². The van der Waals surface area contributed by atoms with Crippen LogP contribution in [0.25, 0.3) is 16.7 Å². The molecule has 6 heterocycles. The fraction of sp³-hybridized carbons (Fsp3) is 0.286. The molecule has 0 saturated carbocycles. The highest BCUT2D eigenvalue weighted by molar-refractivity contribution is 6.36. The first kappa shape index (κ1) is 23.8. The molecule has 5 aromatic rings. The molecule has 37 heavy (non-hydrogen) atoms. The minimum absolute atomic E-state index is 0.0290. The molecule has 11 nitrogen and oxygen atoms in total. The summed E-state index contributed by atoms with van der Waals surface area (Å²) < 4.78 is 56.2. The molecule has 0 bridgehead atoms. The van der Waals surface area contributed by atoms with Gasteiger partial charge in [-0.1, -0.05) is 23.2 Å². The van der Waals surface area contributed by atoms with Gasteiger partial charge in [-0.25, -0.2) is 14.5 Å². The van der Waals surface area contributed by atoms with E-state index in [1.165, 1.54) is 23.1 Å². The number of fused-ring (bicyclic) bond motifs is 2. The zero-order valence-electron chi connectivity index (χ0n) is 18.9. The number of alkyl halides is 3. The zero-order chi connectivity index (χ0) is 25.9. The molecule has 0 radical (unpaired) electrons. The van der Waals surface area contributed by atoms with Gasteiger partial charge in [-0.15, -0.1) is 0 Å². The summed E-state index contributed by atoms with van der Waals surface area (Å²) in [6.45, 7) is 0.536. The standard InChI is InChI=1S/C21H16Cl2F3N9O2/c1-33-17-15(22)11(37-12-8-29-34-4-3-27-18(23)16(12)34)7-28-19(17)31-20(33)30-14-6-13(21(24,25)26)35(32-14)10-2-5-36-9-10/h3-4,6-8,10H,2,5,9H2,1H3,(H,28,30,31,32)/t10-/m1/s1. The number of aromatic nitrogens is 8. The smallest absolute Gasteiger partial charge is 0.433 e. The van der Waals surface area contributed by atoms with E-state index < -0.39 is 17.9 Å². The molecule has 0 spiro atoms. The van der Waals surface area contributed by atoms with Gasteiger partial charge in [0.25, 0.3) is 0 Å². The largest absolute Gasteiger partial charge is 0.450 e. The molecule has 0 aromatic carbocycles. The maximum Gasteiger partial charge on any atom is 0.433 e. The number of rotatable bonds is 5. The topological polar surface area (TPSA) is 109 Å². The summed E-state index contributed by atoms with van der Waals surface area (Å²) in [5.41, 5.74) is 0.206. The fourth-order valence-electron chi connectivity index (χ4n) is 4.14. The van der Waals surface area contributed by atoms with Crippen molar-refractivity contribution in [3.05, 3.63) is 46.7 Å². The van der Waals surface area contributed by atoms with E-state index in [2.05, 4.69) is 30.5 Å². The molecule has 6 rings (SSSR count). The minimum Gasteiger partial charge on any atom is -0.450 e. The van der Waals surface area contributed by atoms with Crippen LogP contribution >= 0.6 is 23.2 Å². The van der Waals surface area contributed by atoms with Crippen molar-refractivity contribution in [3.8, 4) is 11.5 Å². The van der Waals surface area contributed by atoms with Crippen molar-refractivity contribution in [2.75, 3.05) is 18.5 Å². The molecular formula is C21H16Cl2F3N9O2. The number of hydrogen-bond acceptors (Lipinski definition) is 8. The lowest BCUT2D eigenvalue weighted by Crippen LogP contribution is -2.19. The number of anilines is 2. The van der Waals surface area contributed by atoms with Crippen LogP contribution in [0.15, 0.2) is 30.9 Å². The van der Waals surface area contributed by atoms with Crippen LogP contribution in [0.5, 0.6) is 11.5 Å². The van der Waals surface area contributed by atoms with Gasteiger partial charge in [-0.3, -0.25) is 4.68 Å². The summed E-state index contributed by atoms with van der Waals surface area (Å²) >= 11 is 12.8. The van der Waals surface area contributed by atoms with Crippen molar-refractivity contribution < 1.29 is 22.6 Å². The monoisotopic (exact) mass is 553 g/mol. The molecule has 0 aliphatic carbocycles. The molecule has 1 aliphatic heterocycles. The third-order valence-electron chi connectivity index (χ3n) is 5.90. The molecule has 1 aliphatic rings. The van der Waals surface area contributed by atoms with Gasteiger partial charge in [0.15, 0.2) is 28.1 Å². The second-order valence-electron chi connectivity index (χ2n) is 8.22. The van der Waals surface area contributed by atoms with Crippen molar-refractivity contribution in [1.29, 1.82) is 0 Å². The summed E-state index contributed by atoms with van der Waals surface area (Å²) in [4.78, 5) is 12.7. The summed E-state index contributed by atoms with van der Waals surface area (Å²) in [7, 11) is 1.64. The van der Waals surface area contributed by atoms with E-state index in [1.807, 2.05) is 0 Å². The molecule has 16 heteroatoms. The number of aryl methyl sites for hydroxylation is 1. The van der Waals surface area contributed by atoms with E-state index in [-0.39, 0.29) is 39.9 Å². The first-order valence-corrected chi connectivity index (χ1v) is 11.6. The van der Waals surface area contributed by atoms with Crippen LogP contribution in [0.3, 0.4) is 0 Å². The lowest BCUT2D eigenvalue weighted by Gasteiger charge is -2.14. The predicted molar refractivity (Wildman–Crippen MR) is 127 cm³/mol. The molecule has 192 valence electrons. The van der Waals surface area contributed by atoms with Crippen LogP contribution < -0.4 is 10.1 Å². The van der Waals surface area contributed by atoms with Gasteiger partial charge in [0.2, 0.25) is 5.95 Å². The Morgan fingerprint density at radius 2 is 2.00 bits per heavy atom. The lowest BCUT2D eigenvalue weighted by atomic mass is 10.2. The Kier molecular flexibility index (Phi) is 5.62. The first-order chi connectivity index (χ1) is 17.7. The van der Waals surface area contributed by atoms with Gasteiger partial charge in [0.1, 0.15) is 21.7 Å². The quantitative estimate of drug-likeness (QED) is 0.322. The van der Waals surface area contributed by atoms with Gasteiger partial charge in [-0.05, 0) is 6.42 Å². The van der Waals surface area contributed by atoms with Gasteiger partial charge in [-0.2, -0.15) is 28.4 Å². The predicted octanol–water partition coefficient (Wildman–Crippen LogP) is 5.03. The number of imidazole rings is 1. The molecule has 1 saturated heterocycles. The summed E-state index contributed by atoms with van der Waals surface area (Å²) in [5, 5.41) is 11.5. The number of halogens is 5. The maximum atomic E-state index is 13.7. The second-order valence-corrected chi connectivity index (χ2v) is 8.96. The highest BCUT2D eigenvalue weighted by Gasteiger charge is 2.38. The van der Waals surface area contributed by atoms with E-state index in [9.17, 15) is 13.2 Å². The third kappa shape index (κ3) is 4.10. The Labute approximate surface area is 215 Å². The molecule has 1 N–H and O–H groups in total. The van der Waals surface area contributed by atoms with Crippen molar-refractivity contribution >= 4 is 51.6 Å². The number of ether oxygens (including phenoxy) is 2. The van der Waals surface area contributed by atoms with E-state index in [4.69, 9.17) is 32.7 Å². The van der Waals surface area contributed by atoms with Crippen LogP contribution in [-0.4, -0.2) is 52.1 Å². The van der Waals surface area contributed by atoms with Crippen LogP contribution in [0.2, 0.25) is 10.2 Å². The third-order valence-corrected chi connectivity index (χ3v) is 6.54. The van der Waals surface area contributed by atoms with E-state index in [0.29, 0.717) is 29.8 Å². The van der Waals surface area contributed by atoms with Crippen LogP contribution in [0.4, 0.5) is 24.9 Å². The summed E-state index contributed by atoms with van der Waals surface area (Å²) in [6.07, 6.45) is 1.80. The van der Waals surface area contributed by atoms with Gasteiger partial charge < -0.3 is 19.4 Å². The van der Waals surface area contributed by atoms with E-state index in [1.54, 1.807) is 17.8 Å². The summed E-state index contributed by atoms with van der Waals surface area (Å²) in [6, 6.07) is 0.427. The van der Waals surface area contributed by atoms with Crippen LogP contribution in [0.1, 0.15) is 18.2 Å². The Morgan fingerprint density at radius 3 is 2.76 bits per heavy atom. The molecule has 0 amide bonds. The molecule has 1 fully saturated rings. The lowest BCUT2D eigenvalue weighted by molar-refractivity contribution is -0.145. The Bertz CT molecular complexity index is 1640. The Balaban J connectivity index is 1.34. The number of nitrogens with one attached hydrogen (secondary N) is 1. The normalized spacial score (nSPS) is 16.2. The number of pyridine rings is 1. The highest BCUT2D eigenvalue weighted by Crippen LogP contribution is 2.38. The van der Waals surface area contributed by atoms with Crippen molar-refractivity contribution in [3.63, 3.8) is 0 Å². The average molecular weight is 554 g/mol. The van der Waals surface area contributed by atoms with Gasteiger partial charge >= 0.3 is 6.18 Å². The van der Waals surface area contributed by atoms with Crippen molar-refractivity contribution in [2.45, 2.75) is 18.6 Å². The molecular weight excluding hydrogens is 538 g/mol. The van der Waals surface area contributed by atoms with E-state index in [0.717, 1.165) is 10.7 Å². The maximum absolute atomic E-state index is 13.7.